The number of aryl methyl sites for hydroxylation is 1. The summed E-state index contributed by atoms with van der Waals surface area (Å²) in [6.07, 6.45) is 0.925. The molecule has 0 amide bonds. The van der Waals surface area contributed by atoms with Crippen LogP contribution in [-0.2, 0) is 6.42 Å². The van der Waals surface area contributed by atoms with Crippen molar-refractivity contribution in [3.63, 3.8) is 0 Å². The molecule has 1 heterocycles. The van der Waals surface area contributed by atoms with Crippen LogP contribution in [0.25, 0.3) is 10.9 Å². The van der Waals surface area contributed by atoms with Crippen LogP contribution in [0.1, 0.15) is 18.2 Å². The smallest absolute Gasteiger partial charge is 0.145 e. The number of pyridine rings is 1. The summed E-state index contributed by atoms with van der Waals surface area (Å²) in [6, 6.07) is 6.02. The molecule has 0 unspecified atom stereocenters. The van der Waals surface area contributed by atoms with E-state index in [1.807, 2.05) is 19.2 Å². The number of ether oxygens (including phenoxy) is 1. The molecular formula is C14H18N2O. The van der Waals surface area contributed by atoms with E-state index in [4.69, 9.17) is 9.72 Å². The lowest BCUT2D eigenvalue weighted by molar-refractivity contribution is 0.419. The molecule has 0 radical (unpaired) electrons. The predicted molar refractivity (Wildman–Crippen MR) is 72.0 cm³/mol. The zero-order valence-electron chi connectivity index (χ0n) is 10.8. The maximum absolute atomic E-state index is 5.38. The van der Waals surface area contributed by atoms with E-state index in [0.29, 0.717) is 0 Å². The van der Waals surface area contributed by atoms with Crippen LogP contribution < -0.4 is 10.1 Å². The summed E-state index contributed by atoms with van der Waals surface area (Å²) in [7, 11) is 3.63. The van der Waals surface area contributed by atoms with Crippen LogP contribution in [0.3, 0.4) is 0 Å². The minimum absolute atomic E-state index is 0.828. The first kappa shape index (κ1) is 11.7. The van der Waals surface area contributed by atoms with Gasteiger partial charge in [0.1, 0.15) is 11.3 Å². The Hall–Kier alpha value is -1.77. The van der Waals surface area contributed by atoms with Gasteiger partial charge in [-0.2, -0.15) is 0 Å². The second kappa shape index (κ2) is 4.62. The molecule has 0 saturated carbocycles. The third-order valence-electron chi connectivity index (χ3n) is 3.13. The fourth-order valence-corrected chi connectivity index (χ4v) is 2.24. The number of hydrogen-bond acceptors (Lipinski definition) is 3. The second-order valence-electron chi connectivity index (χ2n) is 4.02. The monoisotopic (exact) mass is 230 g/mol. The van der Waals surface area contributed by atoms with Crippen molar-refractivity contribution in [3.8, 4) is 5.75 Å². The lowest BCUT2D eigenvalue weighted by Gasteiger charge is -2.14. The van der Waals surface area contributed by atoms with E-state index in [1.165, 1.54) is 5.56 Å². The van der Waals surface area contributed by atoms with Gasteiger partial charge in [0.15, 0.2) is 0 Å². The van der Waals surface area contributed by atoms with Crippen molar-refractivity contribution in [2.24, 2.45) is 0 Å². The van der Waals surface area contributed by atoms with Crippen LogP contribution >= 0.6 is 0 Å². The third kappa shape index (κ3) is 1.82. The van der Waals surface area contributed by atoms with E-state index >= 15 is 0 Å². The number of nitrogens with one attached hydrogen (secondary N) is 1. The summed E-state index contributed by atoms with van der Waals surface area (Å²) in [4.78, 5) is 4.71. The van der Waals surface area contributed by atoms with Crippen molar-refractivity contribution < 1.29 is 4.74 Å². The number of hydrogen-bond donors (Lipinski definition) is 1. The molecule has 0 fully saturated rings. The molecule has 0 aliphatic heterocycles. The number of methoxy groups -OCH3 is 1. The highest BCUT2D eigenvalue weighted by Gasteiger charge is 2.12. The van der Waals surface area contributed by atoms with Crippen LogP contribution in [-0.4, -0.2) is 19.1 Å². The first-order valence-corrected chi connectivity index (χ1v) is 5.86. The number of nitrogens with zero attached hydrogens (tertiary/aromatic N) is 1. The van der Waals surface area contributed by atoms with Crippen molar-refractivity contribution in [1.29, 1.82) is 0 Å². The summed E-state index contributed by atoms with van der Waals surface area (Å²) in [5.74, 6) is 0.828. The molecular weight excluding hydrogens is 212 g/mol. The van der Waals surface area contributed by atoms with E-state index in [9.17, 15) is 0 Å². The topological polar surface area (TPSA) is 34.1 Å². The number of aromatic nitrogens is 1. The lowest BCUT2D eigenvalue weighted by atomic mass is 10.1. The molecule has 0 aliphatic rings. The van der Waals surface area contributed by atoms with Crippen molar-refractivity contribution in [1.82, 2.24) is 4.98 Å². The number of benzene rings is 1. The molecule has 2 rings (SSSR count). The van der Waals surface area contributed by atoms with Crippen molar-refractivity contribution in [2.45, 2.75) is 20.3 Å². The van der Waals surface area contributed by atoms with E-state index in [-0.39, 0.29) is 0 Å². The van der Waals surface area contributed by atoms with Gasteiger partial charge in [-0.25, -0.2) is 4.98 Å². The molecule has 2 aromatic rings. The predicted octanol–water partition coefficient (Wildman–Crippen LogP) is 3.16. The van der Waals surface area contributed by atoms with Gasteiger partial charge in [-0.05, 0) is 25.0 Å². The average Bonchev–Trinajstić information content (AvgIpc) is 2.37. The van der Waals surface area contributed by atoms with Crippen LogP contribution in [0.15, 0.2) is 18.2 Å². The van der Waals surface area contributed by atoms with E-state index in [0.717, 1.165) is 34.5 Å². The molecule has 1 N–H and O–H groups in total. The molecule has 3 heteroatoms. The summed E-state index contributed by atoms with van der Waals surface area (Å²) in [6.45, 7) is 4.23. The van der Waals surface area contributed by atoms with Crippen molar-refractivity contribution in [3.05, 3.63) is 29.5 Å². The number of anilines is 1. The standard InChI is InChI=1S/C14H18N2O/c1-5-11-9(2)13(15-3)10-7-6-8-12(17-4)14(10)16-11/h6-8H,5H2,1-4H3,(H,15,16). The summed E-state index contributed by atoms with van der Waals surface area (Å²) < 4.78 is 5.38. The highest BCUT2D eigenvalue weighted by atomic mass is 16.5. The Morgan fingerprint density at radius 1 is 1.35 bits per heavy atom. The van der Waals surface area contributed by atoms with Gasteiger partial charge in [0, 0.05) is 23.8 Å². The minimum Gasteiger partial charge on any atom is -0.494 e. The first-order chi connectivity index (χ1) is 8.22. The van der Waals surface area contributed by atoms with E-state index in [1.54, 1.807) is 7.11 Å². The highest BCUT2D eigenvalue weighted by Crippen LogP contribution is 2.32. The maximum Gasteiger partial charge on any atom is 0.145 e. The Morgan fingerprint density at radius 2 is 2.12 bits per heavy atom. The van der Waals surface area contributed by atoms with Gasteiger partial charge in [0.05, 0.1) is 7.11 Å². The molecule has 0 spiro atoms. The Balaban J connectivity index is 2.87. The normalized spacial score (nSPS) is 10.6. The molecule has 0 atom stereocenters. The van der Waals surface area contributed by atoms with Gasteiger partial charge < -0.3 is 10.1 Å². The number of fused-ring (bicyclic) bond motifs is 1. The van der Waals surface area contributed by atoms with Crippen LogP contribution in [0, 0.1) is 6.92 Å². The van der Waals surface area contributed by atoms with E-state index in [2.05, 4.69) is 25.2 Å². The van der Waals surface area contributed by atoms with Gasteiger partial charge >= 0.3 is 0 Å². The molecule has 17 heavy (non-hydrogen) atoms. The number of para-hydroxylation sites is 1. The zero-order chi connectivity index (χ0) is 12.4. The summed E-state index contributed by atoms with van der Waals surface area (Å²) in [5, 5.41) is 4.38. The van der Waals surface area contributed by atoms with E-state index < -0.39 is 0 Å². The van der Waals surface area contributed by atoms with Crippen molar-refractivity contribution in [2.75, 3.05) is 19.5 Å². The third-order valence-corrected chi connectivity index (χ3v) is 3.13. The molecule has 1 aromatic carbocycles. The van der Waals surface area contributed by atoms with Crippen LogP contribution in [0.5, 0.6) is 5.75 Å². The number of rotatable bonds is 3. The largest absolute Gasteiger partial charge is 0.494 e. The Bertz CT molecular complexity index is 549. The molecule has 0 aliphatic carbocycles. The highest BCUT2D eigenvalue weighted by molar-refractivity contribution is 5.96. The maximum atomic E-state index is 5.38. The van der Waals surface area contributed by atoms with Crippen LogP contribution in [0.4, 0.5) is 5.69 Å². The fraction of sp³-hybridized carbons (Fsp3) is 0.357. The molecule has 1 aromatic heterocycles. The minimum atomic E-state index is 0.828. The van der Waals surface area contributed by atoms with Gasteiger partial charge in [-0.1, -0.05) is 19.1 Å². The Morgan fingerprint density at radius 3 is 2.71 bits per heavy atom. The zero-order valence-corrected chi connectivity index (χ0v) is 10.8. The molecule has 0 saturated heterocycles. The Labute approximate surface area is 102 Å². The van der Waals surface area contributed by atoms with Gasteiger partial charge in [0.25, 0.3) is 0 Å². The fourth-order valence-electron chi connectivity index (χ4n) is 2.24. The van der Waals surface area contributed by atoms with Gasteiger partial charge in [-0.3, -0.25) is 0 Å². The summed E-state index contributed by atoms with van der Waals surface area (Å²) >= 11 is 0. The quantitative estimate of drug-likeness (QED) is 0.879. The van der Waals surface area contributed by atoms with Gasteiger partial charge in [-0.15, -0.1) is 0 Å². The second-order valence-corrected chi connectivity index (χ2v) is 4.02. The average molecular weight is 230 g/mol. The SMILES string of the molecule is CCc1nc2c(OC)cccc2c(NC)c1C. The van der Waals surface area contributed by atoms with Crippen LogP contribution in [0.2, 0.25) is 0 Å². The van der Waals surface area contributed by atoms with Gasteiger partial charge in [0.2, 0.25) is 0 Å². The molecule has 90 valence electrons. The van der Waals surface area contributed by atoms with Crippen molar-refractivity contribution >= 4 is 16.6 Å². The summed E-state index contributed by atoms with van der Waals surface area (Å²) in [5.41, 5.74) is 4.41. The lowest BCUT2D eigenvalue weighted by Crippen LogP contribution is -2.01. The molecule has 0 bridgehead atoms. The first-order valence-electron chi connectivity index (χ1n) is 5.86. The molecule has 3 nitrogen and oxygen atoms in total. The Kier molecular flexibility index (Phi) is 3.18.